The molecular formula is C17H21BrN2O5. The van der Waals surface area contributed by atoms with E-state index in [-0.39, 0.29) is 12.6 Å². The first-order valence-corrected chi connectivity index (χ1v) is 8.88. The van der Waals surface area contributed by atoms with E-state index in [4.69, 9.17) is 9.47 Å². The van der Waals surface area contributed by atoms with Crippen LogP contribution in [0.2, 0.25) is 0 Å². The van der Waals surface area contributed by atoms with Crippen molar-refractivity contribution in [1.82, 2.24) is 9.80 Å². The zero-order valence-electron chi connectivity index (χ0n) is 14.7. The SMILES string of the molecule is CCOc1cc(Br)c(CN2C(=O)C(=O)N(C(C)C)C2=O)cc1OCC. The highest BCUT2D eigenvalue weighted by molar-refractivity contribution is 9.10. The van der Waals surface area contributed by atoms with Crippen molar-refractivity contribution in [1.29, 1.82) is 0 Å². The van der Waals surface area contributed by atoms with Crippen molar-refractivity contribution in [2.45, 2.75) is 40.3 Å². The molecule has 0 bridgehead atoms. The van der Waals surface area contributed by atoms with Crippen LogP contribution in [-0.2, 0) is 16.1 Å². The highest BCUT2D eigenvalue weighted by Gasteiger charge is 2.45. The molecule has 7 nitrogen and oxygen atoms in total. The van der Waals surface area contributed by atoms with E-state index in [0.717, 1.165) is 9.80 Å². The van der Waals surface area contributed by atoms with Gasteiger partial charge in [-0.2, -0.15) is 0 Å². The highest BCUT2D eigenvalue weighted by Crippen LogP contribution is 2.35. The minimum atomic E-state index is -0.822. The molecule has 0 radical (unpaired) electrons. The summed E-state index contributed by atoms with van der Waals surface area (Å²) in [4.78, 5) is 38.5. The molecule has 136 valence electrons. The average molecular weight is 413 g/mol. The van der Waals surface area contributed by atoms with Gasteiger partial charge >= 0.3 is 17.8 Å². The molecule has 1 aliphatic heterocycles. The van der Waals surface area contributed by atoms with Crippen LogP contribution in [0.1, 0.15) is 33.3 Å². The molecule has 1 heterocycles. The molecule has 0 aliphatic carbocycles. The topological polar surface area (TPSA) is 76.2 Å². The largest absolute Gasteiger partial charge is 0.490 e. The number of urea groups is 1. The average Bonchev–Trinajstić information content (AvgIpc) is 2.75. The molecule has 1 aliphatic rings. The third-order valence-electron chi connectivity index (χ3n) is 3.64. The van der Waals surface area contributed by atoms with Crippen LogP contribution in [-0.4, -0.2) is 46.9 Å². The van der Waals surface area contributed by atoms with Crippen LogP contribution in [0.25, 0.3) is 0 Å². The summed E-state index contributed by atoms with van der Waals surface area (Å²) in [6, 6.07) is 2.46. The maximum absolute atomic E-state index is 12.4. The molecular weight excluding hydrogens is 392 g/mol. The van der Waals surface area contributed by atoms with Crippen molar-refractivity contribution in [2.75, 3.05) is 13.2 Å². The fraction of sp³-hybridized carbons (Fsp3) is 0.471. The number of nitrogens with zero attached hydrogens (tertiary/aromatic N) is 2. The lowest BCUT2D eigenvalue weighted by Gasteiger charge is -2.20. The van der Waals surface area contributed by atoms with Crippen LogP contribution < -0.4 is 9.47 Å². The molecule has 0 N–H and O–H groups in total. The molecule has 0 aromatic heterocycles. The van der Waals surface area contributed by atoms with E-state index in [9.17, 15) is 14.4 Å². The molecule has 1 aromatic rings. The van der Waals surface area contributed by atoms with Crippen LogP contribution in [0.5, 0.6) is 11.5 Å². The van der Waals surface area contributed by atoms with Gasteiger partial charge in [0.05, 0.1) is 19.8 Å². The summed E-state index contributed by atoms with van der Waals surface area (Å²) in [5.74, 6) is -0.530. The first-order chi connectivity index (χ1) is 11.8. The highest BCUT2D eigenvalue weighted by atomic mass is 79.9. The van der Waals surface area contributed by atoms with Gasteiger partial charge in [-0.3, -0.25) is 19.4 Å². The van der Waals surface area contributed by atoms with Gasteiger partial charge in [0.2, 0.25) is 0 Å². The van der Waals surface area contributed by atoms with Crippen LogP contribution >= 0.6 is 15.9 Å². The zero-order chi connectivity index (χ0) is 18.7. The summed E-state index contributed by atoms with van der Waals surface area (Å²) in [7, 11) is 0. The van der Waals surface area contributed by atoms with Crippen LogP contribution in [0, 0.1) is 0 Å². The number of carbonyl (C=O) groups is 3. The minimum Gasteiger partial charge on any atom is -0.490 e. The van der Waals surface area contributed by atoms with E-state index in [0.29, 0.717) is 34.7 Å². The van der Waals surface area contributed by atoms with Gasteiger partial charge in [0, 0.05) is 10.5 Å². The van der Waals surface area contributed by atoms with E-state index in [1.165, 1.54) is 0 Å². The number of rotatable bonds is 7. The monoisotopic (exact) mass is 412 g/mol. The smallest absolute Gasteiger partial charge is 0.334 e. The quantitative estimate of drug-likeness (QED) is 0.508. The van der Waals surface area contributed by atoms with Gasteiger partial charge in [0.1, 0.15) is 0 Å². The van der Waals surface area contributed by atoms with Crippen molar-refractivity contribution in [2.24, 2.45) is 0 Å². The van der Waals surface area contributed by atoms with Gasteiger partial charge in [0.15, 0.2) is 11.5 Å². The van der Waals surface area contributed by atoms with Crippen molar-refractivity contribution in [3.63, 3.8) is 0 Å². The maximum Gasteiger partial charge on any atom is 0.334 e. The molecule has 2 rings (SSSR count). The molecule has 25 heavy (non-hydrogen) atoms. The summed E-state index contributed by atoms with van der Waals surface area (Å²) < 4.78 is 11.8. The summed E-state index contributed by atoms with van der Waals surface area (Å²) in [6.45, 7) is 7.99. The number of halogens is 1. The summed E-state index contributed by atoms with van der Waals surface area (Å²) in [5, 5.41) is 0. The number of imide groups is 2. The van der Waals surface area contributed by atoms with Gasteiger partial charge in [-0.15, -0.1) is 0 Å². The Bertz CT molecular complexity index is 705. The fourth-order valence-electron chi connectivity index (χ4n) is 2.52. The first kappa shape index (κ1) is 19.2. The van der Waals surface area contributed by atoms with E-state index in [1.807, 2.05) is 13.8 Å². The lowest BCUT2D eigenvalue weighted by molar-refractivity contribution is -0.144. The lowest BCUT2D eigenvalue weighted by atomic mass is 10.2. The molecule has 0 unspecified atom stereocenters. The van der Waals surface area contributed by atoms with Crippen LogP contribution in [0.3, 0.4) is 0 Å². The van der Waals surface area contributed by atoms with E-state index in [1.54, 1.807) is 26.0 Å². The second-order valence-electron chi connectivity index (χ2n) is 5.70. The number of ether oxygens (including phenoxy) is 2. The molecule has 1 saturated heterocycles. The van der Waals surface area contributed by atoms with E-state index in [2.05, 4.69) is 15.9 Å². The molecule has 1 fully saturated rings. The van der Waals surface area contributed by atoms with Gasteiger partial charge in [-0.1, -0.05) is 15.9 Å². The lowest BCUT2D eigenvalue weighted by Crippen LogP contribution is -2.37. The number of hydrogen-bond acceptors (Lipinski definition) is 5. The number of carbonyl (C=O) groups excluding carboxylic acids is 3. The molecule has 1 aromatic carbocycles. The predicted molar refractivity (Wildman–Crippen MR) is 94.4 cm³/mol. The molecule has 0 saturated carbocycles. The van der Waals surface area contributed by atoms with Gasteiger partial charge < -0.3 is 9.47 Å². The van der Waals surface area contributed by atoms with Gasteiger partial charge in [-0.05, 0) is 45.4 Å². The normalized spacial score (nSPS) is 14.7. The Morgan fingerprint density at radius 2 is 1.56 bits per heavy atom. The number of amides is 4. The van der Waals surface area contributed by atoms with E-state index >= 15 is 0 Å². The fourth-order valence-corrected chi connectivity index (χ4v) is 2.97. The second kappa shape index (κ2) is 7.86. The van der Waals surface area contributed by atoms with Crippen molar-refractivity contribution in [3.05, 3.63) is 22.2 Å². The predicted octanol–water partition coefficient (Wildman–Crippen LogP) is 2.95. The van der Waals surface area contributed by atoms with Gasteiger partial charge in [-0.25, -0.2) is 4.79 Å². The molecule has 0 spiro atoms. The maximum atomic E-state index is 12.4. The molecule has 4 amide bonds. The Balaban J connectivity index is 2.33. The third kappa shape index (κ3) is 3.78. The number of benzene rings is 1. The third-order valence-corrected chi connectivity index (χ3v) is 4.38. The van der Waals surface area contributed by atoms with Crippen molar-refractivity contribution in [3.8, 4) is 11.5 Å². The summed E-state index contributed by atoms with van der Waals surface area (Å²) >= 11 is 3.43. The van der Waals surface area contributed by atoms with Crippen LogP contribution in [0.15, 0.2) is 16.6 Å². The summed E-state index contributed by atoms with van der Waals surface area (Å²) in [6.07, 6.45) is 0. The van der Waals surface area contributed by atoms with Crippen molar-refractivity contribution < 1.29 is 23.9 Å². The van der Waals surface area contributed by atoms with E-state index < -0.39 is 17.8 Å². The standard InChI is InChI=1S/C17H21BrN2O5/c1-5-24-13-7-11(12(18)8-14(13)25-6-2)9-19-15(21)16(22)20(10(3)4)17(19)23/h7-8,10H,5-6,9H2,1-4H3. The molecule has 8 heteroatoms. The Morgan fingerprint density at radius 3 is 2.04 bits per heavy atom. The Hall–Kier alpha value is -2.09. The molecule has 0 atom stereocenters. The van der Waals surface area contributed by atoms with Crippen LogP contribution in [0.4, 0.5) is 4.79 Å². The summed E-state index contributed by atoms with van der Waals surface area (Å²) in [5.41, 5.74) is 0.645. The zero-order valence-corrected chi connectivity index (χ0v) is 16.3. The second-order valence-corrected chi connectivity index (χ2v) is 6.55. The van der Waals surface area contributed by atoms with Gasteiger partial charge in [0.25, 0.3) is 0 Å². The Morgan fingerprint density at radius 1 is 1.00 bits per heavy atom. The Labute approximate surface area is 155 Å². The minimum absolute atomic E-state index is 0.0281. The first-order valence-electron chi connectivity index (χ1n) is 8.08. The number of hydrogen-bond donors (Lipinski definition) is 0. The van der Waals surface area contributed by atoms with Crippen molar-refractivity contribution >= 4 is 33.8 Å². The Kier molecular flexibility index (Phi) is 6.05.